The van der Waals surface area contributed by atoms with Gasteiger partial charge in [0.15, 0.2) is 0 Å². The van der Waals surface area contributed by atoms with Gasteiger partial charge in [-0.3, -0.25) is 14.7 Å². The van der Waals surface area contributed by atoms with E-state index in [0.717, 1.165) is 38.0 Å². The van der Waals surface area contributed by atoms with Crippen LogP contribution in [0.2, 0.25) is 0 Å². The number of ether oxygens (including phenoxy) is 2. The van der Waals surface area contributed by atoms with Crippen LogP contribution in [0.3, 0.4) is 0 Å². The quantitative estimate of drug-likeness (QED) is 0.703. The van der Waals surface area contributed by atoms with Crippen molar-refractivity contribution >= 4 is 5.91 Å². The maximum atomic E-state index is 12.7. The molecule has 3 fully saturated rings. The molecule has 1 unspecified atom stereocenters. The molecule has 0 aromatic carbocycles. The zero-order chi connectivity index (χ0) is 19.4. The summed E-state index contributed by atoms with van der Waals surface area (Å²) in [6.07, 6.45) is 12.3. The number of rotatable bonds is 6. The van der Waals surface area contributed by atoms with E-state index in [9.17, 15) is 4.79 Å². The highest BCUT2D eigenvalue weighted by atomic mass is 16.5. The molecule has 6 nitrogen and oxygen atoms in total. The molecule has 1 aliphatic carbocycles. The van der Waals surface area contributed by atoms with Gasteiger partial charge >= 0.3 is 0 Å². The Morgan fingerprint density at radius 1 is 1.14 bits per heavy atom. The van der Waals surface area contributed by atoms with Crippen LogP contribution in [0.4, 0.5) is 0 Å². The molecule has 0 bridgehead atoms. The predicted molar refractivity (Wildman–Crippen MR) is 107 cm³/mol. The van der Waals surface area contributed by atoms with Gasteiger partial charge in [0.25, 0.3) is 5.91 Å². The fraction of sp³-hybridized carbons (Fsp3) is 0.727. The highest BCUT2D eigenvalue weighted by Crippen LogP contribution is 2.47. The lowest BCUT2D eigenvalue weighted by atomic mass is 9.69. The number of hydrogen-bond donors (Lipinski definition) is 0. The average Bonchev–Trinajstić information content (AvgIpc) is 2.76. The van der Waals surface area contributed by atoms with Crippen LogP contribution in [0.5, 0.6) is 0 Å². The lowest BCUT2D eigenvalue weighted by molar-refractivity contribution is -0.203. The van der Waals surface area contributed by atoms with Crippen molar-refractivity contribution in [1.82, 2.24) is 14.8 Å². The molecule has 3 heterocycles. The molecule has 28 heavy (non-hydrogen) atoms. The minimum absolute atomic E-state index is 0.137. The molecule has 6 heteroatoms. The number of aromatic nitrogens is 1. The summed E-state index contributed by atoms with van der Waals surface area (Å²) in [4.78, 5) is 21.5. The molecular weight excluding hydrogens is 354 g/mol. The van der Waals surface area contributed by atoms with Gasteiger partial charge < -0.3 is 14.4 Å². The van der Waals surface area contributed by atoms with E-state index in [1.807, 2.05) is 17.0 Å². The standard InChI is InChI=1S/C22H33N3O3/c1-27-15-16-28-20-17-25(22(20)9-3-2-4-10-22)19-7-13-24(14-8-19)21(26)18-5-11-23-12-6-18/h5-6,11-12,19-20H,2-4,7-10,13-17H2,1H3. The van der Waals surface area contributed by atoms with Crippen molar-refractivity contribution in [3.05, 3.63) is 30.1 Å². The fourth-order valence-electron chi connectivity index (χ4n) is 5.43. The Morgan fingerprint density at radius 3 is 2.54 bits per heavy atom. The second kappa shape index (κ2) is 8.89. The third-order valence-electron chi connectivity index (χ3n) is 6.98. The van der Waals surface area contributed by atoms with E-state index in [0.29, 0.717) is 25.4 Å². The molecule has 1 aromatic heterocycles. The first-order valence-electron chi connectivity index (χ1n) is 10.8. The number of carbonyl (C=O) groups excluding carboxylic acids is 1. The van der Waals surface area contributed by atoms with Crippen LogP contribution >= 0.6 is 0 Å². The largest absolute Gasteiger partial charge is 0.382 e. The van der Waals surface area contributed by atoms with Gasteiger partial charge in [-0.25, -0.2) is 0 Å². The van der Waals surface area contributed by atoms with E-state index < -0.39 is 0 Å². The van der Waals surface area contributed by atoms with Gasteiger partial charge in [0.1, 0.15) is 0 Å². The smallest absolute Gasteiger partial charge is 0.253 e. The Labute approximate surface area is 168 Å². The van der Waals surface area contributed by atoms with Crippen LogP contribution < -0.4 is 0 Å². The van der Waals surface area contributed by atoms with Gasteiger partial charge in [-0.1, -0.05) is 19.3 Å². The Morgan fingerprint density at radius 2 is 1.86 bits per heavy atom. The fourth-order valence-corrected chi connectivity index (χ4v) is 5.43. The van der Waals surface area contributed by atoms with E-state index in [1.54, 1.807) is 19.5 Å². The Bertz CT molecular complexity index is 640. The highest BCUT2D eigenvalue weighted by Gasteiger charge is 2.56. The summed E-state index contributed by atoms with van der Waals surface area (Å²) >= 11 is 0. The van der Waals surface area contributed by atoms with Crippen molar-refractivity contribution in [2.45, 2.75) is 62.6 Å². The van der Waals surface area contributed by atoms with Crippen molar-refractivity contribution in [1.29, 1.82) is 0 Å². The molecule has 0 radical (unpaired) electrons. The zero-order valence-corrected chi connectivity index (χ0v) is 17.0. The summed E-state index contributed by atoms with van der Waals surface area (Å²) in [5, 5.41) is 0. The SMILES string of the molecule is COCCOC1CN(C2CCN(C(=O)c3ccncc3)CC2)C12CCCCC2. The van der Waals surface area contributed by atoms with E-state index in [2.05, 4.69) is 9.88 Å². The van der Waals surface area contributed by atoms with E-state index >= 15 is 0 Å². The Kier molecular flexibility index (Phi) is 6.28. The molecular formula is C22H33N3O3. The van der Waals surface area contributed by atoms with Crippen molar-refractivity contribution in [2.24, 2.45) is 0 Å². The predicted octanol–water partition coefficient (Wildman–Crippen LogP) is 2.74. The van der Waals surface area contributed by atoms with E-state index in [1.165, 1.54) is 32.1 Å². The minimum atomic E-state index is 0.137. The summed E-state index contributed by atoms with van der Waals surface area (Å²) in [6.45, 7) is 4.08. The molecule has 1 amide bonds. The van der Waals surface area contributed by atoms with Crippen LogP contribution in [-0.2, 0) is 9.47 Å². The third kappa shape index (κ3) is 3.82. The highest BCUT2D eigenvalue weighted by molar-refractivity contribution is 5.94. The van der Waals surface area contributed by atoms with Crippen LogP contribution in [0.1, 0.15) is 55.3 Å². The average molecular weight is 388 g/mol. The normalized spacial score (nSPS) is 25.6. The molecule has 3 aliphatic rings. The summed E-state index contributed by atoms with van der Waals surface area (Å²) in [6, 6.07) is 4.19. The van der Waals surface area contributed by atoms with Gasteiger partial charge in [0.05, 0.1) is 19.3 Å². The molecule has 2 aliphatic heterocycles. The van der Waals surface area contributed by atoms with Crippen LogP contribution in [-0.4, -0.2) is 78.3 Å². The summed E-state index contributed by atoms with van der Waals surface area (Å²) < 4.78 is 11.4. The summed E-state index contributed by atoms with van der Waals surface area (Å²) in [5.41, 5.74) is 0.973. The third-order valence-corrected chi connectivity index (χ3v) is 6.98. The van der Waals surface area contributed by atoms with Gasteiger partial charge in [0.2, 0.25) is 0 Å². The molecule has 0 N–H and O–H groups in total. The number of nitrogens with zero attached hydrogens (tertiary/aromatic N) is 3. The first-order valence-corrected chi connectivity index (χ1v) is 10.8. The van der Waals surface area contributed by atoms with Crippen molar-refractivity contribution in [3.63, 3.8) is 0 Å². The van der Waals surface area contributed by atoms with Gasteiger partial charge in [-0.05, 0) is 37.8 Å². The Hall–Kier alpha value is -1.50. The molecule has 1 saturated carbocycles. The van der Waals surface area contributed by atoms with Gasteiger partial charge in [-0.2, -0.15) is 0 Å². The van der Waals surface area contributed by atoms with Crippen LogP contribution in [0, 0.1) is 0 Å². The number of pyridine rings is 1. The minimum Gasteiger partial charge on any atom is -0.382 e. The monoisotopic (exact) mass is 387 g/mol. The van der Waals surface area contributed by atoms with Gasteiger partial charge in [0, 0.05) is 56.3 Å². The number of amides is 1. The number of carbonyl (C=O) groups is 1. The Balaban J connectivity index is 1.35. The first-order chi connectivity index (χ1) is 13.7. The molecule has 4 rings (SSSR count). The topological polar surface area (TPSA) is 54.9 Å². The first kappa shape index (κ1) is 19.8. The van der Waals surface area contributed by atoms with Gasteiger partial charge in [-0.15, -0.1) is 0 Å². The van der Waals surface area contributed by atoms with Crippen LogP contribution in [0.15, 0.2) is 24.5 Å². The molecule has 2 saturated heterocycles. The summed E-state index contributed by atoms with van der Waals surface area (Å²) in [5.74, 6) is 0.137. The lowest BCUT2D eigenvalue weighted by Gasteiger charge is -2.63. The lowest BCUT2D eigenvalue weighted by Crippen LogP contribution is -2.75. The van der Waals surface area contributed by atoms with E-state index in [4.69, 9.17) is 9.47 Å². The maximum absolute atomic E-state index is 12.7. The number of methoxy groups -OCH3 is 1. The van der Waals surface area contributed by atoms with Crippen molar-refractivity contribution < 1.29 is 14.3 Å². The van der Waals surface area contributed by atoms with Crippen molar-refractivity contribution in [3.8, 4) is 0 Å². The zero-order valence-electron chi connectivity index (χ0n) is 17.0. The molecule has 154 valence electrons. The second-order valence-electron chi connectivity index (χ2n) is 8.43. The molecule has 1 spiro atoms. The number of hydrogen-bond acceptors (Lipinski definition) is 5. The number of piperidine rings is 1. The van der Waals surface area contributed by atoms with Crippen LogP contribution in [0.25, 0.3) is 0 Å². The van der Waals surface area contributed by atoms with E-state index in [-0.39, 0.29) is 11.4 Å². The molecule has 1 atom stereocenters. The molecule has 1 aromatic rings. The van der Waals surface area contributed by atoms with Crippen molar-refractivity contribution in [2.75, 3.05) is 40.0 Å². The maximum Gasteiger partial charge on any atom is 0.253 e. The number of likely N-dealkylation sites (tertiary alicyclic amines) is 2. The summed E-state index contributed by atoms with van der Waals surface area (Å²) in [7, 11) is 1.73. The second-order valence-corrected chi connectivity index (χ2v) is 8.43.